The Balaban J connectivity index is -0.000000121. The number of hydrogen-bond donors (Lipinski definition) is 0. The summed E-state index contributed by atoms with van der Waals surface area (Å²) in [5, 5.41) is 50.2. The van der Waals surface area contributed by atoms with Crippen LogP contribution < -0.4 is 25.5 Å². The van der Waals surface area contributed by atoms with Crippen molar-refractivity contribution >= 4 is 38.3 Å². The van der Waals surface area contributed by atoms with Crippen molar-refractivity contribution in [3.05, 3.63) is 0 Å². The van der Waals surface area contributed by atoms with Crippen LogP contribution in [0.5, 0.6) is 0 Å². The molecule has 0 bridgehead atoms. The van der Waals surface area contributed by atoms with E-state index in [9.17, 15) is 49.5 Å². The monoisotopic (exact) mass is 926 g/mol. The Bertz CT molecular complexity index is 878. The third kappa shape index (κ3) is 102. The van der Waals surface area contributed by atoms with Gasteiger partial charge in [-0.2, -0.15) is 0 Å². The Morgan fingerprint density at radius 1 is 0.258 bits per heavy atom. The molecule has 0 N–H and O–H groups in total. The molecule has 0 saturated carbocycles. The van der Waals surface area contributed by atoms with Crippen molar-refractivity contribution in [2.45, 2.75) is 264 Å². The van der Waals surface area contributed by atoms with E-state index >= 15 is 0 Å². The van der Waals surface area contributed by atoms with Gasteiger partial charge >= 0.3 is 25.2 Å². The molecule has 0 aliphatic rings. The Labute approximate surface area is 394 Å². The topological polar surface area (TPSA) is 201 Å². The molecule has 0 spiro atoms. The summed E-state index contributed by atoms with van der Waals surface area (Å²) in [6, 6.07) is 0. The van der Waals surface area contributed by atoms with Crippen molar-refractivity contribution in [1.29, 1.82) is 0 Å². The van der Waals surface area contributed by atoms with E-state index in [1.807, 2.05) is 0 Å². The van der Waals surface area contributed by atoms with Gasteiger partial charge in [0.15, 0.2) is 0 Å². The molecule has 0 amide bonds. The molecule has 0 rings (SSSR count). The second-order valence-electron chi connectivity index (χ2n) is 22.5. The van der Waals surface area contributed by atoms with E-state index in [1.54, 1.807) is 0 Å². The van der Waals surface area contributed by atoms with Crippen LogP contribution in [0.4, 0.5) is 0 Å². The molecule has 0 aliphatic heterocycles. The van der Waals surface area contributed by atoms with Gasteiger partial charge in [0, 0.05) is 29.8 Å². The predicted octanol–water partition coefficient (Wildman–Crippen LogP) is 8.28. The summed E-state index contributed by atoms with van der Waals surface area (Å²) in [7, 11) is 0. The summed E-state index contributed by atoms with van der Waals surface area (Å²) < 4.78 is 0. The third-order valence-corrected chi connectivity index (χ3v) is 9.04. The first-order chi connectivity index (χ1) is 27.1. The molecule has 10 nitrogen and oxygen atoms in total. The van der Waals surface area contributed by atoms with E-state index < -0.39 is 29.8 Å². The average Bonchev–Trinajstić information content (AvgIpc) is 3.02. The summed E-state index contributed by atoms with van der Waals surface area (Å²) in [5.74, 6) is -4.63. The fourth-order valence-electron chi connectivity index (χ4n) is 5.51. The van der Waals surface area contributed by atoms with Crippen LogP contribution in [-0.2, 0) is 40.8 Å². The smallest absolute Gasteiger partial charge is 0.550 e. The number of carboxylic acids is 5. The number of hydrogen-bond acceptors (Lipinski definition) is 10. The van der Waals surface area contributed by atoms with E-state index in [1.165, 1.54) is 32.1 Å². The van der Waals surface area contributed by atoms with E-state index in [2.05, 4.69) is 104 Å². The van der Waals surface area contributed by atoms with Gasteiger partial charge in [0.2, 0.25) is 0 Å². The fourth-order valence-corrected chi connectivity index (χ4v) is 5.51. The molecule has 0 saturated heterocycles. The molecule has 0 aromatic carbocycles. The summed E-state index contributed by atoms with van der Waals surface area (Å²) in [5.41, 5.74) is 1.88. The molecule has 0 unspecified atom stereocenters. The van der Waals surface area contributed by atoms with E-state index in [-0.39, 0.29) is 57.3 Å². The minimum absolute atomic E-state index is 0. The Morgan fingerprint density at radius 3 is 0.452 bits per heavy atom. The maximum absolute atomic E-state index is 10.0. The number of carbonyl (C=O) groups excluding carboxylic acids is 5. The van der Waals surface area contributed by atoms with Crippen LogP contribution in [0.2, 0.25) is 0 Å². The molecule has 0 aromatic heterocycles. The van der Waals surface area contributed by atoms with Gasteiger partial charge in [0.25, 0.3) is 0 Å². The second kappa shape index (κ2) is 42.8. The van der Waals surface area contributed by atoms with Gasteiger partial charge in [0.05, 0.1) is 0 Å². The van der Waals surface area contributed by atoms with E-state index in [0.717, 1.165) is 96.3 Å². The van der Waals surface area contributed by atoms with Gasteiger partial charge in [0.1, 0.15) is 0 Å². The molecule has 0 fully saturated rings. The normalized spacial score (nSPS) is 11.2. The first-order valence-electron chi connectivity index (χ1n) is 23.1. The first-order valence-corrected chi connectivity index (χ1v) is 23.1. The fraction of sp³-hybridized carbons (Fsp3) is 0.900. The number of unbranched alkanes of at least 4 members (excludes halogenated alkanes) is 10. The van der Waals surface area contributed by atoms with Crippen LogP contribution in [0, 0.1) is 27.1 Å². The second-order valence-corrected chi connectivity index (χ2v) is 22.5. The molecule has 0 aliphatic carbocycles. The molecule has 0 atom stereocenters. The average molecular weight is 926 g/mol. The standard InChI is InChI=1S/5C10H20O2.B.Co/c5*1-10(2,3)8-6-4-5-7-9(11)12;;/h5*4-8H2,1-3H3,(H,11,12);;/q;;;;;+3;+2/p-5. The summed E-state index contributed by atoms with van der Waals surface area (Å²) in [6.07, 6.45) is 21.3. The van der Waals surface area contributed by atoms with Gasteiger partial charge in [-0.05, 0) is 123 Å². The zero-order chi connectivity index (χ0) is 48.1. The summed E-state index contributed by atoms with van der Waals surface area (Å²) in [4.78, 5) is 50.2. The number of rotatable bonds is 25. The Morgan fingerprint density at radius 2 is 0.371 bits per heavy atom. The minimum Gasteiger partial charge on any atom is -0.550 e. The van der Waals surface area contributed by atoms with Crippen molar-refractivity contribution in [2.24, 2.45) is 27.1 Å². The van der Waals surface area contributed by atoms with Gasteiger partial charge in [-0.15, -0.1) is 0 Å². The van der Waals surface area contributed by atoms with Gasteiger partial charge < -0.3 is 49.5 Å². The zero-order valence-corrected chi connectivity index (χ0v) is 43.7. The van der Waals surface area contributed by atoms with Gasteiger partial charge in [-0.25, -0.2) is 0 Å². The number of aliphatic carboxylic acids is 5. The molecular formula is C50H95BCoO10. The first kappa shape index (κ1) is 74.3. The van der Waals surface area contributed by atoms with Crippen molar-refractivity contribution in [3.63, 3.8) is 0 Å². The summed E-state index contributed by atoms with van der Waals surface area (Å²) in [6.45, 7) is 33.0. The maximum Gasteiger partial charge on any atom is 3.00 e. The minimum atomic E-state index is -0.925. The molecule has 0 heterocycles. The summed E-state index contributed by atoms with van der Waals surface area (Å²) >= 11 is 0. The largest absolute Gasteiger partial charge is 3.00 e. The van der Waals surface area contributed by atoms with Crippen LogP contribution in [0.3, 0.4) is 0 Å². The molecular weight excluding hydrogens is 830 g/mol. The van der Waals surface area contributed by atoms with E-state index in [0.29, 0.717) is 27.1 Å². The Hall–Kier alpha value is -2.08. The van der Waals surface area contributed by atoms with Crippen LogP contribution in [0.25, 0.3) is 0 Å². The van der Waals surface area contributed by atoms with E-state index in [4.69, 9.17) is 0 Å². The van der Waals surface area contributed by atoms with Crippen molar-refractivity contribution in [1.82, 2.24) is 0 Å². The van der Waals surface area contributed by atoms with Crippen molar-refractivity contribution in [2.75, 3.05) is 0 Å². The molecule has 62 heavy (non-hydrogen) atoms. The van der Waals surface area contributed by atoms with Crippen LogP contribution >= 0.6 is 0 Å². The molecule has 12 heteroatoms. The molecule has 1 radical (unpaired) electrons. The maximum atomic E-state index is 10.0. The predicted molar refractivity (Wildman–Crippen MR) is 243 cm³/mol. The zero-order valence-electron chi connectivity index (χ0n) is 42.7. The van der Waals surface area contributed by atoms with Crippen molar-refractivity contribution in [3.8, 4) is 0 Å². The van der Waals surface area contributed by atoms with Crippen LogP contribution in [0.1, 0.15) is 264 Å². The molecule has 0 aromatic rings. The Kier molecular flexibility index (Phi) is 51.3. The number of carboxylic acid groups (broad SMARTS) is 5. The SMILES string of the molecule is CC(C)(C)CCCCCC(=O)[O-].CC(C)(C)CCCCCC(=O)[O-].CC(C)(C)CCCCCC(=O)[O-].CC(C)(C)CCCCCC(=O)[O-].CC(C)(C)CCCCCC(=O)[O-].[B+3].[Co+2]. The van der Waals surface area contributed by atoms with Gasteiger partial charge in [-0.3, -0.25) is 0 Å². The van der Waals surface area contributed by atoms with Crippen LogP contribution in [-0.4, -0.2) is 38.3 Å². The van der Waals surface area contributed by atoms with Gasteiger partial charge in [-0.1, -0.05) is 168 Å². The third-order valence-electron chi connectivity index (χ3n) is 9.04. The van der Waals surface area contributed by atoms with Crippen molar-refractivity contribution < 1.29 is 66.3 Å². The quantitative estimate of drug-likeness (QED) is 0.0634. The van der Waals surface area contributed by atoms with Crippen LogP contribution in [0.15, 0.2) is 0 Å². The number of carbonyl (C=O) groups is 5. The molecule has 367 valence electrons.